The van der Waals surface area contributed by atoms with Crippen LogP contribution < -0.4 is 10.9 Å². The Morgan fingerprint density at radius 3 is 2.92 bits per heavy atom. The van der Waals surface area contributed by atoms with Crippen molar-refractivity contribution in [3.8, 4) is 0 Å². The Balaban J connectivity index is 1.76. The van der Waals surface area contributed by atoms with E-state index in [9.17, 15) is 14.4 Å². The average molecular weight is 352 g/mol. The van der Waals surface area contributed by atoms with Crippen molar-refractivity contribution < 1.29 is 14.0 Å². The van der Waals surface area contributed by atoms with E-state index in [1.54, 1.807) is 17.0 Å². The van der Waals surface area contributed by atoms with E-state index in [1.807, 2.05) is 18.2 Å². The summed E-state index contributed by atoms with van der Waals surface area (Å²) in [7, 11) is 0. The number of hydrogen-bond acceptors (Lipinski definition) is 4. The molecule has 0 unspecified atom stereocenters. The fourth-order valence-electron chi connectivity index (χ4n) is 4.02. The summed E-state index contributed by atoms with van der Waals surface area (Å²) < 4.78 is 5.50. The molecular formula is C20H20N2O4. The van der Waals surface area contributed by atoms with E-state index in [0.717, 1.165) is 18.4 Å². The molecule has 2 fully saturated rings. The lowest BCUT2D eigenvalue weighted by Gasteiger charge is -2.27. The van der Waals surface area contributed by atoms with Crippen LogP contribution in [0.3, 0.4) is 0 Å². The molecule has 134 valence electrons. The predicted molar refractivity (Wildman–Crippen MR) is 97.0 cm³/mol. The lowest BCUT2D eigenvalue weighted by molar-refractivity contribution is -0.121. The molecule has 2 aromatic rings. The Morgan fingerprint density at radius 1 is 1.31 bits per heavy atom. The third kappa shape index (κ3) is 2.71. The standard InChI is InChI=1S/C20H20N2O4/c1-2-4-12-5-3-6-13-9-16(20(25)26-18(12)13)19(24)22-14-7-8-15(22)11-21-17(23)10-14/h2-3,5-6,9,14-15H,1,4,7-8,10-11H2,(H,21,23)/t14-,15+/m0/s1. The minimum absolute atomic E-state index is 0.0273. The third-order valence-corrected chi connectivity index (χ3v) is 5.25. The van der Waals surface area contributed by atoms with Gasteiger partial charge in [0.1, 0.15) is 11.1 Å². The normalized spacial score (nSPS) is 22.2. The molecule has 1 aromatic heterocycles. The zero-order valence-electron chi connectivity index (χ0n) is 14.4. The molecule has 6 heteroatoms. The van der Waals surface area contributed by atoms with Crippen molar-refractivity contribution in [1.29, 1.82) is 0 Å². The van der Waals surface area contributed by atoms with Gasteiger partial charge in [-0.2, -0.15) is 0 Å². The molecule has 2 atom stereocenters. The van der Waals surface area contributed by atoms with E-state index in [4.69, 9.17) is 4.42 Å². The molecule has 2 bridgehead atoms. The van der Waals surface area contributed by atoms with E-state index in [-0.39, 0.29) is 35.9 Å². The van der Waals surface area contributed by atoms with Gasteiger partial charge in [0.05, 0.1) is 0 Å². The van der Waals surface area contributed by atoms with Crippen LogP contribution in [0.4, 0.5) is 0 Å². The van der Waals surface area contributed by atoms with Crippen LogP contribution in [0.1, 0.15) is 35.2 Å². The Labute approximate surface area is 150 Å². The number of nitrogens with zero attached hydrogens (tertiary/aromatic N) is 1. The molecule has 2 saturated heterocycles. The molecule has 2 aliphatic rings. The summed E-state index contributed by atoms with van der Waals surface area (Å²) in [6.07, 6.45) is 4.22. The first-order valence-electron chi connectivity index (χ1n) is 8.84. The van der Waals surface area contributed by atoms with Crippen LogP contribution in [0, 0.1) is 0 Å². The SMILES string of the molecule is C=CCc1cccc2cc(C(=O)N3[C@@H]4CC[C@H]3CC(=O)NC4)c(=O)oc12. The highest BCUT2D eigenvalue weighted by atomic mass is 16.4. The second kappa shape index (κ2) is 6.44. The van der Waals surface area contributed by atoms with Gasteiger partial charge in [-0.25, -0.2) is 4.79 Å². The van der Waals surface area contributed by atoms with Crippen LogP contribution in [0.25, 0.3) is 11.0 Å². The Morgan fingerprint density at radius 2 is 2.12 bits per heavy atom. The van der Waals surface area contributed by atoms with E-state index < -0.39 is 5.63 Å². The molecule has 0 radical (unpaired) electrons. The van der Waals surface area contributed by atoms with Gasteiger partial charge < -0.3 is 14.6 Å². The largest absolute Gasteiger partial charge is 0.422 e. The number of hydrogen-bond donors (Lipinski definition) is 1. The summed E-state index contributed by atoms with van der Waals surface area (Å²) in [6, 6.07) is 6.95. The van der Waals surface area contributed by atoms with Crippen molar-refractivity contribution >= 4 is 22.8 Å². The van der Waals surface area contributed by atoms with Gasteiger partial charge in [0, 0.05) is 30.4 Å². The first kappa shape index (κ1) is 16.6. The zero-order chi connectivity index (χ0) is 18.3. The van der Waals surface area contributed by atoms with E-state index in [2.05, 4.69) is 11.9 Å². The highest BCUT2D eigenvalue weighted by molar-refractivity contribution is 5.98. The molecule has 6 nitrogen and oxygen atoms in total. The topological polar surface area (TPSA) is 79.6 Å². The number of nitrogens with one attached hydrogen (secondary N) is 1. The van der Waals surface area contributed by atoms with Crippen molar-refractivity contribution in [3.63, 3.8) is 0 Å². The molecule has 2 amide bonds. The van der Waals surface area contributed by atoms with Gasteiger partial charge in [-0.3, -0.25) is 9.59 Å². The van der Waals surface area contributed by atoms with Crippen molar-refractivity contribution in [1.82, 2.24) is 10.2 Å². The van der Waals surface area contributed by atoms with Gasteiger partial charge >= 0.3 is 5.63 Å². The summed E-state index contributed by atoms with van der Waals surface area (Å²) in [5.41, 5.74) is 0.740. The number of para-hydroxylation sites is 1. The highest BCUT2D eigenvalue weighted by Gasteiger charge is 2.41. The Hall–Kier alpha value is -2.89. The van der Waals surface area contributed by atoms with Gasteiger partial charge in [0.2, 0.25) is 5.91 Å². The molecular weight excluding hydrogens is 332 g/mol. The van der Waals surface area contributed by atoms with Gasteiger partial charge in [0.15, 0.2) is 0 Å². The van der Waals surface area contributed by atoms with Gasteiger partial charge in [-0.15, -0.1) is 6.58 Å². The van der Waals surface area contributed by atoms with Gasteiger partial charge in [0.25, 0.3) is 5.91 Å². The summed E-state index contributed by atoms with van der Waals surface area (Å²) >= 11 is 0. The third-order valence-electron chi connectivity index (χ3n) is 5.25. The van der Waals surface area contributed by atoms with Crippen molar-refractivity contribution in [3.05, 3.63) is 58.5 Å². The zero-order valence-corrected chi connectivity index (χ0v) is 14.4. The molecule has 0 aliphatic carbocycles. The Bertz CT molecular complexity index is 962. The maximum Gasteiger partial charge on any atom is 0.349 e. The average Bonchev–Trinajstić information content (AvgIpc) is 2.93. The van der Waals surface area contributed by atoms with Crippen LogP contribution in [-0.4, -0.2) is 35.3 Å². The molecule has 3 heterocycles. The summed E-state index contributed by atoms with van der Waals surface area (Å²) in [6.45, 7) is 4.15. The van der Waals surface area contributed by atoms with Crippen molar-refractivity contribution in [2.24, 2.45) is 0 Å². The second-order valence-electron chi connectivity index (χ2n) is 6.88. The maximum atomic E-state index is 13.1. The number of carbonyl (C=O) groups is 2. The quantitative estimate of drug-likeness (QED) is 0.677. The smallest absolute Gasteiger partial charge is 0.349 e. The van der Waals surface area contributed by atoms with Crippen molar-refractivity contribution in [2.75, 3.05) is 6.54 Å². The molecule has 0 spiro atoms. The minimum Gasteiger partial charge on any atom is -0.422 e. The summed E-state index contributed by atoms with van der Waals surface area (Å²) in [4.78, 5) is 39.1. The van der Waals surface area contributed by atoms with E-state index in [0.29, 0.717) is 23.9 Å². The molecule has 2 aliphatic heterocycles. The summed E-state index contributed by atoms with van der Waals surface area (Å²) in [5.74, 6) is -0.395. The number of rotatable bonds is 3. The first-order valence-corrected chi connectivity index (χ1v) is 8.84. The fourth-order valence-corrected chi connectivity index (χ4v) is 4.02. The monoisotopic (exact) mass is 352 g/mol. The molecule has 1 N–H and O–H groups in total. The number of fused-ring (bicyclic) bond motifs is 3. The highest BCUT2D eigenvalue weighted by Crippen LogP contribution is 2.30. The van der Waals surface area contributed by atoms with Crippen LogP contribution in [0.15, 0.2) is 46.1 Å². The van der Waals surface area contributed by atoms with Crippen LogP contribution in [0.2, 0.25) is 0 Å². The number of amides is 2. The number of allylic oxidation sites excluding steroid dienone is 1. The van der Waals surface area contributed by atoms with Gasteiger partial charge in [-0.1, -0.05) is 24.3 Å². The van der Waals surface area contributed by atoms with Crippen LogP contribution in [0.5, 0.6) is 0 Å². The second-order valence-corrected chi connectivity index (χ2v) is 6.88. The van der Waals surface area contributed by atoms with Crippen LogP contribution in [-0.2, 0) is 11.2 Å². The minimum atomic E-state index is -0.637. The van der Waals surface area contributed by atoms with Crippen molar-refractivity contribution in [2.45, 2.75) is 37.8 Å². The molecule has 0 saturated carbocycles. The lowest BCUT2D eigenvalue weighted by atomic mass is 10.1. The number of benzene rings is 1. The maximum absolute atomic E-state index is 13.1. The van der Waals surface area contributed by atoms with Gasteiger partial charge in [-0.05, 0) is 30.9 Å². The predicted octanol–water partition coefficient (Wildman–Crippen LogP) is 2.01. The van der Waals surface area contributed by atoms with E-state index in [1.165, 1.54) is 0 Å². The summed E-state index contributed by atoms with van der Waals surface area (Å²) in [5, 5.41) is 3.55. The van der Waals surface area contributed by atoms with E-state index >= 15 is 0 Å². The fraction of sp³-hybridized carbons (Fsp3) is 0.350. The molecule has 4 rings (SSSR count). The first-order chi connectivity index (χ1) is 12.6. The lowest BCUT2D eigenvalue weighted by Crippen LogP contribution is -2.44. The Kier molecular flexibility index (Phi) is 4.11. The number of carbonyl (C=O) groups excluding carboxylic acids is 2. The molecule has 1 aromatic carbocycles. The molecule has 26 heavy (non-hydrogen) atoms. The van der Waals surface area contributed by atoms with Crippen LogP contribution >= 0.6 is 0 Å².